The molecule has 0 saturated heterocycles. The van der Waals surface area contributed by atoms with Crippen molar-refractivity contribution < 1.29 is 0 Å². The van der Waals surface area contributed by atoms with Gasteiger partial charge in [0.2, 0.25) is 0 Å². The third kappa shape index (κ3) is 11.0. The van der Waals surface area contributed by atoms with E-state index in [1.165, 1.54) is 161 Å². The number of fused-ring (bicyclic) bond motifs is 25. The summed E-state index contributed by atoms with van der Waals surface area (Å²) in [4.78, 5) is 8.33. The third-order valence-corrected chi connectivity index (χ3v) is 33.8. The lowest BCUT2D eigenvalue weighted by Crippen LogP contribution is -2.61. The zero-order valence-electron chi connectivity index (χ0n) is 80.8. The number of rotatable bonds is 11. The van der Waals surface area contributed by atoms with Crippen molar-refractivity contribution in [3.8, 4) is 55.6 Å². The molecule has 0 radical (unpaired) electrons. The van der Waals surface area contributed by atoms with Crippen LogP contribution in [0.1, 0.15) is 164 Å². The van der Waals surface area contributed by atoms with Crippen molar-refractivity contribution in [2.24, 2.45) is 0 Å². The molecule has 3 aliphatic heterocycles. The molecule has 4 heteroatoms. The molecule has 0 fully saturated rings. The zero-order valence-corrected chi connectivity index (χ0v) is 80.8. The summed E-state index contributed by atoms with van der Waals surface area (Å²) in [5.74, 6) is 0. The van der Waals surface area contributed by atoms with Crippen molar-refractivity contribution in [2.75, 3.05) is 14.7 Å². The van der Waals surface area contributed by atoms with E-state index in [1.807, 2.05) is 0 Å². The lowest BCUT2D eigenvalue weighted by molar-refractivity contribution is 0.590. The number of hydrogen-bond donors (Lipinski definition) is 0. The summed E-state index contributed by atoms with van der Waals surface area (Å²) in [7, 11) is 0. The van der Waals surface area contributed by atoms with E-state index in [1.54, 1.807) is 0 Å². The lowest BCUT2D eigenvalue weighted by atomic mass is 9.33. The molecule has 1 spiro atoms. The van der Waals surface area contributed by atoms with Crippen molar-refractivity contribution in [1.82, 2.24) is 0 Å². The highest BCUT2D eigenvalue weighted by Crippen LogP contribution is 2.74. The average Bonchev–Trinajstić information content (AvgIpc) is 1.53. The Morgan fingerprint density at radius 1 is 0.168 bits per heavy atom. The highest BCUT2D eigenvalue weighted by atomic mass is 15.2. The predicted molar refractivity (Wildman–Crippen MR) is 593 cm³/mol. The fourth-order valence-electron chi connectivity index (χ4n) is 28.2. The van der Waals surface area contributed by atoms with Crippen LogP contribution in [0.3, 0.4) is 0 Å². The molecule has 143 heavy (non-hydrogen) atoms. The van der Waals surface area contributed by atoms with Crippen LogP contribution < -0.4 is 31.1 Å². The van der Waals surface area contributed by atoms with Gasteiger partial charge in [-0.25, -0.2) is 0 Å². The van der Waals surface area contributed by atoms with Gasteiger partial charge in [0, 0.05) is 34.1 Å². The van der Waals surface area contributed by atoms with Crippen LogP contribution in [0.5, 0.6) is 0 Å². The van der Waals surface area contributed by atoms with E-state index in [0.29, 0.717) is 0 Å². The van der Waals surface area contributed by atoms with Crippen molar-refractivity contribution in [2.45, 2.75) is 79.4 Å². The van der Waals surface area contributed by atoms with E-state index in [-0.39, 0.29) is 17.5 Å². The van der Waals surface area contributed by atoms with Gasteiger partial charge in [-0.3, -0.25) is 0 Å². The van der Waals surface area contributed by atoms with Gasteiger partial charge in [-0.15, -0.1) is 0 Å². The quantitative estimate of drug-likeness (QED) is 0.120. The maximum Gasteiger partial charge on any atom is 0.252 e. The molecule has 0 aromatic heterocycles. The normalized spacial score (nSPS) is 15.3. The van der Waals surface area contributed by atoms with Crippen LogP contribution in [-0.4, -0.2) is 6.71 Å². The van der Waals surface area contributed by atoms with Gasteiger partial charge in [-0.05, 0) is 254 Å². The van der Waals surface area contributed by atoms with Crippen LogP contribution in [0.15, 0.2) is 497 Å². The summed E-state index contributed by atoms with van der Waals surface area (Å²) in [6, 6.07) is 197. The highest BCUT2D eigenvalue weighted by molar-refractivity contribution is 7.00. The van der Waals surface area contributed by atoms with Crippen molar-refractivity contribution in [3.05, 3.63) is 620 Å². The van der Waals surface area contributed by atoms with E-state index in [2.05, 4.69) is 554 Å². The molecular weight excluding hydrogens is 1720 g/mol. The molecule has 0 atom stereocenters. The summed E-state index contributed by atoms with van der Waals surface area (Å²) < 4.78 is 0. The van der Waals surface area contributed by atoms with Gasteiger partial charge in [0.1, 0.15) is 0 Å². The first kappa shape index (κ1) is 83.1. The van der Waals surface area contributed by atoms with Crippen LogP contribution in [0.4, 0.5) is 51.2 Å². The minimum atomic E-state index is -1.26. The number of benzene rings is 21. The van der Waals surface area contributed by atoms with E-state index >= 15 is 0 Å². The number of hydrogen-bond acceptors (Lipinski definition) is 3. The minimum absolute atomic E-state index is 0.201. The Morgan fingerprint density at radius 3 is 0.643 bits per heavy atom. The molecule has 0 unspecified atom stereocenters. The predicted octanol–water partition coefficient (Wildman–Crippen LogP) is 32.0. The Balaban J connectivity index is 0.917. The van der Waals surface area contributed by atoms with Gasteiger partial charge < -0.3 is 14.7 Å². The largest absolute Gasteiger partial charge is 0.311 e. The molecular formula is C139H100BN3. The SMILES string of the molecule is CC(C)(C)c1ccc2c(c1)B1c3cc(C(C)(C)C)ccc3N(c3ccccc3)c3cc(N4c5c(C6(c7ccccc7)c7ccccc7-c7ccccc76)cc(C6(c7ccccc7)c7ccccc7-c7ccccc76)cc5C5(c6ccccc6-c6ccccc65)c5cc(C6(c7ccccc7)c7ccccc7-c7ccccc76)cc(C6(c7ccccc7)c7ccccc7-c7ccccc76)c54)cc(c31)N2c1ccccc1. The average molecular weight is 1820 g/mol. The number of anilines is 9. The second-order valence-corrected chi connectivity index (χ2v) is 42.6. The Kier molecular flexibility index (Phi) is 17.8. The second kappa shape index (κ2) is 30.5. The summed E-state index contributed by atoms with van der Waals surface area (Å²) in [5.41, 5.74) is 46.3. The summed E-state index contributed by atoms with van der Waals surface area (Å²) in [6.45, 7) is 14.0. The number of para-hydroxylation sites is 2. The van der Waals surface area contributed by atoms with Gasteiger partial charge in [0.15, 0.2) is 0 Å². The Labute approximate surface area is 837 Å². The maximum absolute atomic E-state index is 2.98. The molecule has 8 aliphatic rings. The second-order valence-electron chi connectivity index (χ2n) is 42.6. The van der Waals surface area contributed by atoms with Crippen molar-refractivity contribution in [3.63, 3.8) is 0 Å². The first-order chi connectivity index (χ1) is 70.2. The van der Waals surface area contributed by atoms with Crippen LogP contribution in [0.25, 0.3) is 55.6 Å². The summed E-state index contributed by atoms with van der Waals surface area (Å²) in [6.07, 6.45) is 0. The van der Waals surface area contributed by atoms with E-state index < -0.39 is 27.1 Å². The molecule has 0 amide bonds. The van der Waals surface area contributed by atoms with Gasteiger partial charge in [0.25, 0.3) is 6.71 Å². The van der Waals surface area contributed by atoms with Crippen LogP contribution >= 0.6 is 0 Å². The fourth-order valence-corrected chi connectivity index (χ4v) is 28.2. The van der Waals surface area contributed by atoms with Gasteiger partial charge in [-0.1, -0.05) is 490 Å². The highest BCUT2D eigenvalue weighted by Gasteiger charge is 2.62. The van der Waals surface area contributed by atoms with Crippen LogP contribution in [0, 0.1) is 0 Å². The van der Waals surface area contributed by atoms with E-state index in [4.69, 9.17) is 0 Å². The topological polar surface area (TPSA) is 9.72 Å². The Hall–Kier alpha value is -16.9. The number of nitrogens with zero attached hydrogens (tertiary/aromatic N) is 3. The molecule has 29 rings (SSSR count). The molecule has 3 nitrogen and oxygen atoms in total. The Bertz CT molecular complexity index is 8200. The first-order valence-corrected chi connectivity index (χ1v) is 50.8. The van der Waals surface area contributed by atoms with Crippen molar-refractivity contribution in [1.29, 1.82) is 0 Å². The van der Waals surface area contributed by atoms with Gasteiger partial charge >= 0.3 is 0 Å². The molecule has 674 valence electrons. The Morgan fingerprint density at radius 2 is 0.385 bits per heavy atom. The van der Waals surface area contributed by atoms with Gasteiger partial charge in [0.05, 0.1) is 44.1 Å². The third-order valence-electron chi connectivity index (χ3n) is 33.8. The van der Waals surface area contributed by atoms with Gasteiger partial charge in [-0.2, -0.15) is 0 Å². The lowest BCUT2D eigenvalue weighted by Gasteiger charge is -2.52. The molecule has 0 saturated carbocycles. The summed E-state index contributed by atoms with van der Waals surface area (Å²) in [5, 5.41) is 0. The van der Waals surface area contributed by atoms with Crippen molar-refractivity contribution >= 4 is 74.3 Å². The fraction of sp³-hybridized carbons (Fsp3) is 0.0935. The maximum atomic E-state index is 2.98. The molecule has 21 aromatic carbocycles. The van der Waals surface area contributed by atoms with E-state index in [0.717, 1.165) is 84.6 Å². The van der Waals surface area contributed by atoms with E-state index in [9.17, 15) is 0 Å². The monoisotopic (exact) mass is 1820 g/mol. The first-order valence-electron chi connectivity index (χ1n) is 50.8. The molecule has 5 aliphatic carbocycles. The van der Waals surface area contributed by atoms with Crippen LogP contribution in [0.2, 0.25) is 0 Å². The minimum Gasteiger partial charge on any atom is -0.311 e. The smallest absolute Gasteiger partial charge is 0.252 e. The molecule has 3 heterocycles. The molecule has 21 aromatic rings. The summed E-state index contributed by atoms with van der Waals surface area (Å²) >= 11 is 0. The van der Waals surface area contributed by atoms with Crippen LogP contribution in [-0.2, 0) is 37.9 Å². The standard InChI is InChI=1S/C139H100BN3/c1-133(2,3)93-77-79-126-124(85-93)140-125-86-94(134(4,5)6)78-80-127(125)142(98-55-23-12-24-56-98)129-88-99(87-128(130(129)140)141(126)97-53-21-11-22-54-97)143-131-120(137(91-49-17-9-18-50-91)114-71-39-29-61-104(114)105-62-30-40-72-115(105)137)81-95(135(89-45-13-7-14-46-89)110-67-35-25-57-100(110)101-58-26-36-68-111(101)135)83-122(131)139(118-75-43-33-65-108(118)109-66-34-44-76-119(109)139)123-84-96(136(90-47-15-8-16-48-90)112-69-37-27-59-102(112)103-60-28-38-70-113(103)136)82-121(132(123)143)138(92-51-19-10-20-52-92)116-73-41-31-63-106(116)107-64-32-42-74-117(107)138/h7-88H,1-6H3. The zero-order chi connectivity index (χ0) is 95.2. The molecule has 0 N–H and O–H groups in total. The molecule has 0 bridgehead atoms.